The number of hydrogen-bond donors (Lipinski definition) is 0. The number of nitrogens with zero attached hydrogens (tertiary/aromatic N) is 1. The normalized spacial score (nSPS) is 14.6. The van der Waals surface area contributed by atoms with E-state index < -0.39 is 5.91 Å². The molecule has 0 unspecified atom stereocenters. The predicted molar refractivity (Wildman–Crippen MR) is 144 cm³/mol. The maximum atomic E-state index is 13.2. The van der Waals surface area contributed by atoms with Crippen LogP contribution in [0.15, 0.2) is 65.6 Å². The number of halogens is 3. The molecular weight excluding hydrogens is 604 g/mol. The molecule has 1 aliphatic heterocycles. The van der Waals surface area contributed by atoms with E-state index >= 15 is 0 Å². The third-order valence-electron chi connectivity index (χ3n) is 5.09. The summed E-state index contributed by atoms with van der Waals surface area (Å²) >= 11 is 9.27. The standard InChI is InChI=1S/C26H20ClFINO4S/c1-2-33-22-12-17(11-21(29)24(22)34-15-18-5-3-4-6-20(18)27)13-23-25(31)30(26(32)35-23)14-16-7-9-19(28)10-8-16/h3-13H,2,14-15H2,1H3/b23-13+. The molecule has 5 nitrogen and oxygen atoms in total. The van der Waals surface area contributed by atoms with E-state index in [0.717, 1.165) is 25.8 Å². The number of rotatable bonds is 8. The highest BCUT2D eigenvalue weighted by atomic mass is 127. The van der Waals surface area contributed by atoms with Gasteiger partial charge in [0.2, 0.25) is 0 Å². The van der Waals surface area contributed by atoms with Crippen molar-refractivity contribution < 1.29 is 23.5 Å². The van der Waals surface area contributed by atoms with Crippen molar-refractivity contribution in [1.29, 1.82) is 0 Å². The zero-order valence-electron chi connectivity index (χ0n) is 18.6. The summed E-state index contributed by atoms with van der Waals surface area (Å²) in [7, 11) is 0. The van der Waals surface area contributed by atoms with Crippen LogP contribution in [-0.4, -0.2) is 22.7 Å². The fourth-order valence-corrected chi connectivity index (χ4v) is 5.21. The first-order valence-electron chi connectivity index (χ1n) is 10.7. The molecule has 0 spiro atoms. The molecule has 0 N–H and O–H groups in total. The van der Waals surface area contributed by atoms with Gasteiger partial charge in [0.1, 0.15) is 12.4 Å². The average molecular weight is 624 g/mol. The van der Waals surface area contributed by atoms with Crippen LogP contribution in [0.25, 0.3) is 6.08 Å². The molecule has 3 aromatic carbocycles. The summed E-state index contributed by atoms with van der Waals surface area (Å²) in [5.74, 6) is 0.343. The summed E-state index contributed by atoms with van der Waals surface area (Å²) in [5, 5.41) is 0.249. The first-order valence-corrected chi connectivity index (χ1v) is 13.0. The Hall–Kier alpha value is -2.56. The van der Waals surface area contributed by atoms with Crippen LogP contribution in [0.2, 0.25) is 5.02 Å². The Labute approximate surface area is 225 Å². The Balaban J connectivity index is 1.55. The third kappa shape index (κ3) is 6.17. The Bertz CT molecular complexity index is 1300. The number of thioether (sulfide) groups is 1. The molecule has 1 heterocycles. The molecular formula is C26H20ClFINO4S. The van der Waals surface area contributed by atoms with E-state index in [4.69, 9.17) is 21.1 Å². The lowest BCUT2D eigenvalue weighted by Gasteiger charge is -2.15. The van der Waals surface area contributed by atoms with Gasteiger partial charge in [-0.2, -0.15) is 0 Å². The number of amides is 2. The van der Waals surface area contributed by atoms with Crippen molar-refractivity contribution in [1.82, 2.24) is 4.90 Å². The minimum atomic E-state index is -0.392. The van der Waals surface area contributed by atoms with Gasteiger partial charge < -0.3 is 9.47 Å². The Morgan fingerprint density at radius 3 is 2.54 bits per heavy atom. The fraction of sp³-hybridized carbons (Fsp3) is 0.154. The third-order valence-corrected chi connectivity index (χ3v) is 7.16. The molecule has 0 aromatic heterocycles. The largest absolute Gasteiger partial charge is 0.490 e. The molecule has 3 aromatic rings. The smallest absolute Gasteiger partial charge is 0.293 e. The van der Waals surface area contributed by atoms with E-state index in [-0.39, 0.29) is 24.2 Å². The predicted octanol–water partition coefficient (Wildman–Crippen LogP) is 7.30. The van der Waals surface area contributed by atoms with E-state index in [1.807, 2.05) is 31.2 Å². The second kappa shape index (κ2) is 11.5. The van der Waals surface area contributed by atoms with E-state index in [0.29, 0.717) is 39.2 Å². The number of carbonyl (C=O) groups excluding carboxylic acids is 2. The molecule has 1 aliphatic rings. The lowest BCUT2D eigenvalue weighted by Crippen LogP contribution is -2.27. The lowest BCUT2D eigenvalue weighted by atomic mass is 10.1. The van der Waals surface area contributed by atoms with Gasteiger partial charge in [0.05, 0.1) is 21.6 Å². The molecule has 0 atom stereocenters. The number of imide groups is 1. The lowest BCUT2D eigenvalue weighted by molar-refractivity contribution is -0.123. The number of carbonyl (C=O) groups is 2. The summed E-state index contributed by atoms with van der Waals surface area (Å²) in [5.41, 5.74) is 2.23. The molecule has 0 radical (unpaired) electrons. The fourth-order valence-electron chi connectivity index (χ4n) is 3.40. The van der Waals surface area contributed by atoms with E-state index in [1.165, 1.54) is 12.1 Å². The van der Waals surface area contributed by atoms with Crippen molar-refractivity contribution in [3.05, 3.63) is 96.7 Å². The molecule has 2 amide bonds. The molecule has 35 heavy (non-hydrogen) atoms. The van der Waals surface area contributed by atoms with Crippen LogP contribution in [0.1, 0.15) is 23.6 Å². The molecule has 0 bridgehead atoms. The summed E-state index contributed by atoms with van der Waals surface area (Å²) in [6.07, 6.45) is 1.66. The number of hydrogen-bond acceptors (Lipinski definition) is 5. The quantitative estimate of drug-likeness (QED) is 0.195. The van der Waals surface area contributed by atoms with Crippen molar-refractivity contribution in [2.75, 3.05) is 6.61 Å². The van der Waals surface area contributed by atoms with Crippen molar-refractivity contribution in [3.63, 3.8) is 0 Å². The Morgan fingerprint density at radius 2 is 1.83 bits per heavy atom. The number of benzene rings is 3. The molecule has 9 heteroatoms. The summed E-state index contributed by atoms with van der Waals surface area (Å²) in [6.45, 7) is 2.66. The van der Waals surface area contributed by atoms with Gasteiger partial charge in [-0.3, -0.25) is 14.5 Å². The van der Waals surface area contributed by atoms with E-state index in [9.17, 15) is 14.0 Å². The van der Waals surface area contributed by atoms with Crippen molar-refractivity contribution in [2.45, 2.75) is 20.1 Å². The summed E-state index contributed by atoms with van der Waals surface area (Å²) in [4.78, 5) is 26.9. The van der Waals surface area contributed by atoms with Crippen LogP contribution in [0.3, 0.4) is 0 Å². The monoisotopic (exact) mass is 623 g/mol. The van der Waals surface area contributed by atoms with E-state index in [1.54, 1.807) is 30.3 Å². The number of ether oxygens (including phenoxy) is 2. The van der Waals surface area contributed by atoms with Gasteiger partial charge in [-0.15, -0.1) is 0 Å². The zero-order valence-corrected chi connectivity index (χ0v) is 22.3. The van der Waals surface area contributed by atoms with Gasteiger partial charge >= 0.3 is 0 Å². The van der Waals surface area contributed by atoms with Gasteiger partial charge in [-0.1, -0.05) is 41.9 Å². The van der Waals surface area contributed by atoms with Crippen molar-refractivity contribution in [3.8, 4) is 11.5 Å². The molecule has 0 saturated carbocycles. The molecule has 180 valence electrons. The van der Waals surface area contributed by atoms with Crippen molar-refractivity contribution in [2.24, 2.45) is 0 Å². The summed E-state index contributed by atoms with van der Waals surface area (Å²) in [6, 6.07) is 16.8. The highest BCUT2D eigenvalue weighted by Gasteiger charge is 2.35. The highest BCUT2D eigenvalue weighted by molar-refractivity contribution is 14.1. The zero-order chi connectivity index (χ0) is 24.9. The highest BCUT2D eigenvalue weighted by Crippen LogP contribution is 2.38. The first kappa shape index (κ1) is 25.5. The minimum absolute atomic E-state index is 0.0822. The van der Waals surface area contributed by atoms with Crippen LogP contribution in [0, 0.1) is 9.39 Å². The van der Waals surface area contributed by atoms with Crippen LogP contribution in [0.4, 0.5) is 9.18 Å². The van der Waals surface area contributed by atoms with Crippen LogP contribution < -0.4 is 9.47 Å². The van der Waals surface area contributed by atoms with Gasteiger partial charge in [-0.25, -0.2) is 4.39 Å². The van der Waals surface area contributed by atoms with Gasteiger partial charge in [-0.05, 0) is 88.8 Å². The molecule has 0 aliphatic carbocycles. The SMILES string of the molecule is CCOc1cc(/C=C2/SC(=O)N(Cc3ccc(F)cc3)C2=O)cc(I)c1OCc1ccccc1Cl. The maximum absolute atomic E-state index is 13.2. The van der Waals surface area contributed by atoms with Crippen molar-refractivity contribution >= 4 is 63.2 Å². The molecule has 1 fully saturated rings. The molecule has 4 rings (SSSR count). The second-order valence-electron chi connectivity index (χ2n) is 7.54. The second-order valence-corrected chi connectivity index (χ2v) is 10.1. The topological polar surface area (TPSA) is 55.8 Å². The minimum Gasteiger partial charge on any atom is -0.490 e. The van der Waals surface area contributed by atoms with Crippen LogP contribution in [-0.2, 0) is 17.9 Å². The van der Waals surface area contributed by atoms with Gasteiger partial charge in [0.15, 0.2) is 11.5 Å². The first-order chi connectivity index (χ1) is 16.9. The van der Waals surface area contributed by atoms with Gasteiger partial charge in [0.25, 0.3) is 11.1 Å². The van der Waals surface area contributed by atoms with Crippen LogP contribution >= 0.6 is 46.0 Å². The Morgan fingerprint density at radius 1 is 1.09 bits per heavy atom. The van der Waals surface area contributed by atoms with Crippen LogP contribution in [0.5, 0.6) is 11.5 Å². The molecule has 1 saturated heterocycles. The Kier molecular flexibility index (Phi) is 8.35. The summed E-state index contributed by atoms with van der Waals surface area (Å²) < 4.78 is 25.8. The van der Waals surface area contributed by atoms with Gasteiger partial charge in [0, 0.05) is 10.6 Å². The van der Waals surface area contributed by atoms with E-state index in [2.05, 4.69) is 22.6 Å². The average Bonchev–Trinajstić information content (AvgIpc) is 3.08. The maximum Gasteiger partial charge on any atom is 0.293 e.